The molecule has 3 aromatic heterocycles. The van der Waals surface area contributed by atoms with Crippen LogP contribution in [0.2, 0.25) is 0 Å². The predicted molar refractivity (Wildman–Crippen MR) is 116 cm³/mol. The molecule has 10 heteroatoms. The first-order valence-corrected chi connectivity index (χ1v) is 9.81. The van der Waals surface area contributed by atoms with Gasteiger partial charge in [-0.25, -0.2) is 19.0 Å². The smallest absolute Gasteiger partial charge is 0.250 e. The summed E-state index contributed by atoms with van der Waals surface area (Å²) >= 11 is 0. The summed E-state index contributed by atoms with van der Waals surface area (Å²) in [6, 6.07) is 5.14. The number of amides is 1. The van der Waals surface area contributed by atoms with Crippen LogP contribution in [-0.2, 0) is 11.2 Å². The van der Waals surface area contributed by atoms with Crippen LogP contribution >= 0.6 is 0 Å². The summed E-state index contributed by atoms with van der Waals surface area (Å²) in [7, 11) is 0. The number of rotatable bonds is 3. The van der Waals surface area contributed by atoms with Gasteiger partial charge in [-0.1, -0.05) is 6.58 Å². The minimum absolute atomic E-state index is 0.178. The molecule has 0 aliphatic carbocycles. The third-order valence-corrected chi connectivity index (χ3v) is 5.48. The zero-order chi connectivity index (χ0) is 22.4. The van der Waals surface area contributed by atoms with Gasteiger partial charge in [-0.2, -0.15) is 5.10 Å². The number of nitrogens with two attached hydrogens (primary N) is 1. The molecule has 0 saturated carbocycles. The first kappa shape index (κ1) is 19.6. The van der Waals surface area contributed by atoms with Crippen molar-refractivity contribution in [3.8, 4) is 17.0 Å². The summed E-state index contributed by atoms with van der Waals surface area (Å²) in [4.78, 5) is 26.8. The largest absolute Gasteiger partial charge is 0.508 e. The molecule has 3 N–H and O–H groups in total. The van der Waals surface area contributed by atoms with Crippen molar-refractivity contribution in [1.29, 1.82) is 0 Å². The monoisotopic (exact) mass is 431 g/mol. The van der Waals surface area contributed by atoms with Gasteiger partial charge in [0.05, 0.1) is 17.1 Å². The summed E-state index contributed by atoms with van der Waals surface area (Å²) in [6.07, 6.45) is 6.47. The van der Waals surface area contributed by atoms with E-state index in [0.717, 1.165) is 17.3 Å². The van der Waals surface area contributed by atoms with E-state index in [4.69, 9.17) is 10.8 Å². The Morgan fingerprint density at radius 2 is 2.16 bits per heavy atom. The minimum atomic E-state index is -0.612. The molecular formula is C22H18FN7O2. The van der Waals surface area contributed by atoms with Crippen LogP contribution in [-0.4, -0.2) is 42.3 Å². The molecule has 9 nitrogen and oxygen atoms in total. The fraction of sp³-hybridized carbons (Fsp3) is 0.136. The highest BCUT2D eigenvalue weighted by molar-refractivity contribution is 6.02. The molecule has 1 aromatic carbocycles. The second-order valence-electron chi connectivity index (χ2n) is 7.46. The van der Waals surface area contributed by atoms with Gasteiger partial charge in [0.25, 0.3) is 0 Å². The van der Waals surface area contributed by atoms with Crippen molar-refractivity contribution in [3.05, 3.63) is 67.0 Å². The number of anilines is 2. The first-order chi connectivity index (χ1) is 15.5. The Labute approximate surface area is 181 Å². The second kappa shape index (κ2) is 7.41. The summed E-state index contributed by atoms with van der Waals surface area (Å²) in [5, 5.41) is 15.0. The van der Waals surface area contributed by atoms with Crippen LogP contribution in [0.1, 0.15) is 11.6 Å². The maximum absolute atomic E-state index is 14.0. The van der Waals surface area contributed by atoms with E-state index in [9.17, 15) is 14.3 Å². The highest BCUT2D eigenvalue weighted by atomic mass is 19.1. The average Bonchev–Trinajstić information content (AvgIpc) is 3.18. The zero-order valence-corrected chi connectivity index (χ0v) is 16.8. The normalized spacial score (nSPS) is 15.5. The number of carbonyl (C=O) groups excluding carboxylic acids is 1. The minimum Gasteiger partial charge on any atom is -0.508 e. The molecule has 4 heterocycles. The summed E-state index contributed by atoms with van der Waals surface area (Å²) in [5.41, 5.74) is 8.90. The van der Waals surface area contributed by atoms with Crippen LogP contribution in [0.3, 0.4) is 0 Å². The lowest BCUT2D eigenvalue weighted by molar-refractivity contribution is -0.114. The lowest BCUT2D eigenvalue weighted by Crippen LogP contribution is -2.40. The predicted octanol–water partition coefficient (Wildman–Crippen LogP) is 2.63. The Balaban J connectivity index is 1.69. The molecule has 1 aliphatic rings. The van der Waals surface area contributed by atoms with Crippen LogP contribution in [0.4, 0.5) is 15.9 Å². The number of aromatic nitrogens is 5. The number of phenolic OH excluding ortho intramolecular Hbond substituents is 1. The molecule has 160 valence electrons. The Hall–Kier alpha value is -4.34. The van der Waals surface area contributed by atoms with Crippen LogP contribution in [0.15, 0.2) is 55.6 Å². The number of aromatic hydroxyl groups is 1. The summed E-state index contributed by atoms with van der Waals surface area (Å²) in [5.74, 6) is -0.919. The number of halogens is 1. The lowest BCUT2D eigenvalue weighted by atomic mass is 9.99. The third kappa shape index (κ3) is 3.13. The number of fused-ring (bicyclic) bond motifs is 2. The SMILES string of the molecule is C=CC(=O)N1CC(n2nc(-c3cc(O)cc(F)c3)c3c(N)ncnc32)Cc2cnccc21. The average molecular weight is 431 g/mol. The molecular weight excluding hydrogens is 413 g/mol. The Morgan fingerprint density at radius 3 is 2.94 bits per heavy atom. The third-order valence-electron chi connectivity index (χ3n) is 5.48. The maximum Gasteiger partial charge on any atom is 0.250 e. The molecule has 0 fully saturated rings. The highest BCUT2D eigenvalue weighted by Crippen LogP contribution is 2.37. The Kier molecular flexibility index (Phi) is 4.54. The van der Waals surface area contributed by atoms with Gasteiger partial charge in [-0.3, -0.25) is 9.78 Å². The van der Waals surface area contributed by atoms with E-state index in [1.54, 1.807) is 28.0 Å². The fourth-order valence-corrected chi connectivity index (χ4v) is 4.11. The number of nitrogens with zero attached hydrogens (tertiary/aromatic N) is 6. The number of phenols is 1. The molecule has 32 heavy (non-hydrogen) atoms. The van der Waals surface area contributed by atoms with Crippen molar-refractivity contribution in [2.45, 2.75) is 12.5 Å². The number of benzene rings is 1. The molecule has 0 bridgehead atoms. The molecule has 1 aliphatic heterocycles. The first-order valence-electron chi connectivity index (χ1n) is 9.81. The number of hydrogen-bond donors (Lipinski definition) is 2. The van der Waals surface area contributed by atoms with Crippen molar-refractivity contribution in [1.82, 2.24) is 24.7 Å². The molecule has 1 unspecified atom stereocenters. The number of carbonyl (C=O) groups is 1. The maximum atomic E-state index is 14.0. The molecule has 0 radical (unpaired) electrons. The van der Waals surface area contributed by atoms with Crippen molar-refractivity contribution < 1.29 is 14.3 Å². The number of pyridine rings is 1. The van der Waals surface area contributed by atoms with Crippen LogP contribution in [0.25, 0.3) is 22.3 Å². The van der Waals surface area contributed by atoms with E-state index in [0.29, 0.717) is 35.3 Å². The van der Waals surface area contributed by atoms with Gasteiger partial charge in [0.2, 0.25) is 5.91 Å². The van der Waals surface area contributed by atoms with Crippen LogP contribution in [0.5, 0.6) is 5.75 Å². The lowest BCUT2D eigenvalue weighted by Gasteiger charge is -2.33. The van der Waals surface area contributed by atoms with Crippen LogP contribution in [0, 0.1) is 5.82 Å². The van der Waals surface area contributed by atoms with Gasteiger partial charge < -0.3 is 15.7 Å². The van der Waals surface area contributed by atoms with E-state index in [2.05, 4.69) is 21.5 Å². The zero-order valence-electron chi connectivity index (χ0n) is 16.8. The van der Waals surface area contributed by atoms with Gasteiger partial charge in [0, 0.05) is 37.0 Å². The molecule has 5 rings (SSSR count). The Morgan fingerprint density at radius 1 is 1.31 bits per heavy atom. The van der Waals surface area contributed by atoms with Gasteiger partial charge in [0.15, 0.2) is 5.65 Å². The summed E-state index contributed by atoms with van der Waals surface area (Å²) in [6.45, 7) is 3.92. The molecule has 0 saturated heterocycles. The van der Waals surface area contributed by atoms with E-state index >= 15 is 0 Å². The standard InChI is InChI=1S/C22H18FN7O2/c1-2-18(32)29-10-15(6-13-9-25-4-3-17(13)29)30-22-19(21(24)26-11-27-22)20(28-30)12-5-14(23)8-16(31)7-12/h2-5,7-9,11,15,31H,1,6,10H2,(H2,24,26,27). The topological polar surface area (TPSA) is 123 Å². The highest BCUT2D eigenvalue weighted by Gasteiger charge is 2.31. The molecule has 1 atom stereocenters. The van der Waals surface area contributed by atoms with Gasteiger partial charge >= 0.3 is 0 Å². The van der Waals surface area contributed by atoms with Crippen LogP contribution < -0.4 is 10.6 Å². The number of nitrogen functional groups attached to an aromatic ring is 1. The van der Waals surface area contributed by atoms with E-state index < -0.39 is 5.82 Å². The van der Waals surface area contributed by atoms with Gasteiger partial charge in [-0.15, -0.1) is 0 Å². The molecule has 0 spiro atoms. The quantitative estimate of drug-likeness (QED) is 0.478. The van der Waals surface area contributed by atoms with Gasteiger partial charge in [0.1, 0.15) is 29.4 Å². The van der Waals surface area contributed by atoms with Gasteiger partial charge in [-0.05, 0) is 29.8 Å². The van der Waals surface area contributed by atoms with E-state index in [1.165, 1.54) is 24.5 Å². The van der Waals surface area contributed by atoms with Crippen molar-refractivity contribution >= 4 is 28.4 Å². The number of hydrogen-bond acceptors (Lipinski definition) is 7. The van der Waals surface area contributed by atoms with Crippen molar-refractivity contribution in [2.24, 2.45) is 0 Å². The second-order valence-corrected chi connectivity index (χ2v) is 7.46. The van der Waals surface area contributed by atoms with Crippen molar-refractivity contribution in [2.75, 3.05) is 17.2 Å². The van der Waals surface area contributed by atoms with Crippen molar-refractivity contribution in [3.63, 3.8) is 0 Å². The fourth-order valence-electron chi connectivity index (χ4n) is 4.11. The molecule has 4 aromatic rings. The molecule has 1 amide bonds. The van der Waals surface area contributed by atoms with E-state index in [-0.39, 0.29) is 23.5 Å². The Bertz CT molecular complexity index is 1360. The van der Waals surface area contributed by atoms with E-state index in [1.807, 2.05) is 0 Å². The summed E-state index contributed by atoms with van der Waals surface area (Å²) < 4.78 is 15.7.